The number of hydrogen-bond donors (Lipinski definition) is 4. The highest BCUT2D eigenvalue weighted by Crippen LogP contribution is 2.25. The predicted octanol–water partition coefficient (Wildman–Crippen LogP) is 0.826. The molecular formula is C11H13BrN2O6S. The topological polar surface area (TPSA) is 147 Å². The molecule has 0 heterocycles. The number of carbonyl (C=O) groups is 2. The summed E-state index contributed by atoms with van der Waals surface area (Å²) >= 11 is 2.97. The van der Waals surface area contributed by atoms with Gasteiger partial charge in [0.05, 0.1) is 0 Å². The fraction of sp³-hybridized carbons (Fsp3) is 0.273. The number of carboxylic acid groups (broad SMARTS) is 1. The van der Waals surface area contributed by atoms with Crippen molar-refractivity contribution in [2.24, 2.45) is 5.73 Å². The van der Waals surface area contributed by atoms with Crippen LogP contribution in [0.15, 0.2) is 27.6 Å². The lowest BCUT2D eigenvalue weighted by atomic mass is 10.1. The first kappa shape index (κ1) is 17.6. The number of halogens is 1. The van der Waals surface area contributed by atoms with Gasteiger partial charge in [-0.2, -0.15) is 8.42 Å². The average Bonchev–Trinajstić information content (AvgIpc) is 2.34. The monoisotopic (exact) mass is 380 g/mol. The molecule has 10 heteroatoms. The van der Waals surface area contributed by atoms with E-state index in [-0.39, 0.29) is 22.2 Å². The number of carboxylic acids is 1. The Balaban J connectivity index is 2.70. The number of amides is 1. The molecule has 0 aliphatic carbocycles. The lowest BCUT2D eigenvalue weighted by Crippen LogP contribution is -2.31. The first-order valence-corrected chi connectivity index (χ1v) is 7.90. The zero-order valence-corrected chi connectivity index (χ0v) is 13.0. The molecule has 0 bridgehead atoms. The third-order valence-electron chi connectivity index (χ3n) is 2.49. The third-order valence-corrected chi connectivity index (χ3v) is 4.32. The highest BCUT2D eigenvalue weighted by molar-refractivity contribution is 9.10. The maximum absolute atomic E-state index is 11.6. The Morgan fingerprint density at radius 3 is 2.48 bits per heavy atom. The molecular weight excluding hydrogens is 368 g/mol. The summed E-state index contributed by atoms with van der Waals surface area (Å²) in [6.45, 7) is 0. The Morgan fingerprint density at radius 2 is 2.00 bits per heavy atom. The number of nitrogens with one attached hydrogen (secondary N) is 1. The van der Waals surface area contributed by atoms with Crippen LogP contribution in [-0.4, -0.2) is 36.0 Å². The molecule has 0 spiro atoms. The number of aliphatic carboxylic acids is 1. The number of rotatable bonds is 6. The van der Waals surface area contributed by atoms with Gasteiger partial charge in [-0.1, -0.05) is 0 Å². The third kappa shape index (κ3) is 5.42. The van der Waals surface area contributed by atoms with Crippen LogP contribution in [0.4, 0.5) is 5.69 Å². The van der Waals surface area contributed by atoms with Gasteiger partial charge in [-0.05, 0) is 40.5 Å². The second-order valence-electron chi connectivity index (χ2n) is 4.15. The smallest absolute Gasteiger partial charge is 0.320 e. The van der Waals surface area contributed by atoms with Gasteiger partial charge in [0.25, 0.3) is 10.1 Å². The van der Waals surface area contributed by atoms with Gasteiger partial charge >= 0.3 is 5.97 Å². The summed E-state index contributed by atoms with van der Waals surface area (Å²) in [4.78, 5) is 21.8. The van der Waals surface area contributed by atoms with Crippen LogP contribution in [0.2, 0.25) is 0 Å². The summed E-state index contributed by atoms with van der Waals surface area (Å²) in [7, 11) is -4.35. The molecule has 0 radical (unpaired) electrons. The number of anilines is 1. The van der Waals surface area contributed by atoms with Crippen LogP contribution in [0.25, 0.3) is 0 Å². The first-order chi connectivity index (χ1) is 9.61. The Hall–Kier alpha value is -1.49. The van der Waals surface area contributed by atoms with Crippen LogP contribution < -0.4 is 11.1 Å². The molecule has 1 amide bonds. The largest absolute Gasteiger partial charge is 0.480 e. The van der Waals surface area contributed by atoms with E-state index in [9.17, 15) is 18.0 Å². The van der Waals surface area contributed by atoms with Crippen molar-refractivity contribution in [3.05, 3.63) is 22.7 Å². The molecule has 5 N–H and O–H groups in total. The number of carbonyl (C=O) groups excluding carboxylic acids is 1. The molecule has 0 aliphatic heterocycles. The van der Waals surface area contributed by atoms with Crippen molar-refractivity contribution in [3.63, 3.8) is 0 Å². The Morgan fingerprint density at radius 1 is 1.38 bits per heavy atom. The summed E-state index contributed by atoms with van der Waals surface area (Å²) in [5.74, 6) is -1.65. The van der Waals surface area contributed by atoms with Gasteiger partial charge in [0.1, 0.15) is 10.9 Å². The van der Waals surface area contributed by atoms with Crippen LogP contribution in [0.3, 0.4) is 0 Å². The molecule has 0 saturated carbocycles. The maximum Gasteiger partial charge on any atom is 0.320 e. The zero-order chi connectivity index (χ0) is 16.2. The second kappa shape index (κ2) is 6.98. The molecule has 1 aromatic carbocycles. The molecule has 21 heavy (non-hydrogen) atoms. The van der Waals surface area contributed by atoms with Crippen molar-refractivity contribution in [2.45, 2.75) is 23.8 Å². The molecule has 0 aliphatic rings. The van der Waals surface area contributed by atoms with Gasteiger partial charge in [0.15, 0.2) is 0 Å². The quantitative estimate of drug-likeness (QED) is 0.534. The Bertz CT molecular complexity index is 661. The van der Waals surface area contributed by atoms with E-state index in [4.69, 9.17) is 15.4 Å². The van der Waals surface area contributed by atoms with E-state index < -0.39 is 28.0 Å². The van der Waals surface area contributed by atoms with Crippen molar-refractivity contribution >= 4 is 43.6 Å². The van der Waals surface area contributed by atoms with Gasteiger partial charge in [-0.25, -0.2) is 0 Å². The average molecular weight is 381 g/mol. The van der Waals surface area contributed by atoms with Gasteiger partial charge in [0, 0.05) is 16.6 Å². The van der Waals surface area contributed by atoms with Gasteiger partial charge in [-0.15, -0.1) is 0 Å². The lowest BCUT2D eigenvalue weighted by molar-refractivity contribution is -0.138. The summed E-state index contributed by atoms with van der Waals surface area (Å²) in [5, 5.41) is 11.0. The predicted molar refractivity (Wildman–Crippen MR) is 77.4 cm³/mol. The molecule has 0 fully saturated rings. The minimum absolute atomic E-state index is 0.0224. The standard InChI is InChI=1S/C11H13BrN2O6S/c12-7-5-6(1-3-9(7)21(18,19)20)14-10(15)4-2-8(13)11(16)17/h1,3,5,8H,2,4,13H2,(H,14,15)(H,16,17)(H,18,19,20)/t8-/m0/s1. The summed E-state index contributed by atoms with van der Waals surface area (Å²) in [6.07, 6.45) is -0.115. The minimum atomic E-state index is -4.35. The number of hydrogen-bond acceptors (Lipinski definition) is 5. The molecule has 1 rings (SSSR count). The zero-order valence-electron chi connectivity index (χ0n) is 10.6. The lowest BCUT2D eigenvalue weighted by Gasteiger charge is -2.09. The second-order valence-corrected chi connectivity index (χ2v) is 6.40. The van der Waals surface area contributed by atoms with Crippen molar-refractivity contribution in [3.8, 4) is 0 Å². The van der Waals surface area contributed by atoms with E-state index in [1.807, 2.05) is 0 Å². The number of benzene rings is 1. The molecule has 116 valence electrons. The van der Waals surface area contributed by atoms with Crippen LogP contribution in [0, 0.1) is 0 Å². The van der Waals surface area contributed by atoms with E-state index >= 15 is 0 Å². The highest BCUT2D eigenvalue weighted by atomic mass is 79.9. The fourth-order valence-electron chi connectivity index (χ4n) is 1.42. The number of nitrogens with two attached hydrogens (primary N) is 1. The molecule has 0 saturated heterocycles. The molecule has 1 atom stereocenters. The maximum atomic E-state index is 11.6. The van der Waals surface area contributed by atoms with Crippen molar-refractivity contribution < 1.29 is 27.7 Å². The van der Waals surface area contributed by atoms with E-state index in [1.165, 1.54) is 12.1 Å². The van der Waals surface area contributed by atoms with E-state index in [0.29, 0.717) is 5.69 Å². The van der Waals surface area contributed by atoms with Crippen LogP contribution in [-0.2, 0) is 19.7 Å². The fourth-order valence-corrected chi connectivity index (χ4v) is 2.96. The molecule has 1 aromatic rings. The highest BCUT2D eigenvalue weighted by Gasteiger charge is 2.16. The molecule has 8 nitrogen and oxygen atoms in total. The van der Waals surface area contributed by atoms with Crippen LogP contribution >= 0.6 is 15.9 Å². The van der Waals surface area contributed by atoms with E-state index in [2.05, 4.69) is 21.2 Å². The van der Waals surface area contributed by atoms with Gasteiger partial charge in [0.2, 0.25) is 5.91 Å². The van der Waals surface area contributed by atoms with Crippen LogP contribution in [0.5, 0.6) is 0 Å². The van der Waals surface area contributed by atoms with Crippen molar-refractivity contribution in [1.82, 2.24) is 0 Å². The summed E-state index contributed by atoms with van der Waals surface area (Å²) in [5.41, 5.74) is 5.56. The van der Waals surface area contributed by atoms with Crippen molar-refractivity contribution in [1.29, 1.82) is 0 Å². The normalized spacial score (nSPS) is 12.7. The summed E-state index contributed by atoms with van der Waals surface area (Å²) < 4.78 is 31.0. The minimum Gasteiger partial charge on any atom is -0.480 e. The van der Waals surface area contributed by atoms with Gasteiger partial charge < -0.3 is 16.2 Å². The van der Waals surface area contributed by atoms with E-state index in [1.54, 1.807) is 0 Å². The Labute approximate surface area is 129 Å². The van der Waals surface area contributed by atoms with Gasteiger partial charge in [-0.3, -0.25) is 14.1 Å². The van der Waals surface area contributed by atoms with E-state index in [0.717, 1.165) is 6.07 Å². The first-order valence-electron chi connectivity index (χ1n) is 5.66. The molecule has 0 unspecified atom stereocenters. The van der Waals surface area contributed by atoms with Crippen LogP contribution in [0.1, 0.15) is 12.8 Å². The SMILES string of the molecule is N[C@@H](CCC(=O)Nc1ccc(S(=O)(=O)O)c(Br)c1)C(=O)O. The molecule has 0 aromatic heterocycles. The van der Waals surface area contributed by atoms with Crippen molar-refractivity contribution in [2.75, 3.05) is 5.32 Å². The summed E-state index contributed by atoms with van der Waals surface area (Å²) in [6, 6.07) is 2.60. The Kier molecular flexibility index (Phi) is 5.84.